The zero-order chi connectivity index (χ0) is 18.2. The van der Waals surface area contributed by atoms with Gasteiger partial charge in [-0.3, -0.25) is 4.90 Å². The monoisotopic (exact) mass is 355 g/mol. The highest BCUT2D eigenvalue weighted by atomic mass is 16.3. The molecule has 0 unspecified atom stereocenters. The van der Waals surface area contributed by atoms with Crippen LogP contribution in [0.15, 0.2) is 36.5 Å². The maximum Gasteiger partial charge on any atom is 0.106 e. The number of imidazole rings is 1. The summed E-state index contributed by atoms with van der Waals surface area (Å²) in [5, 5.41) is 10.0. The third-order valence-corrected chi connectivity index (χ3v) is 5.88. The molecule has 1 aliphatic rings. The molecular weight excluding hydrogens is 322 g/mol. The first kappa shape index (κ1) is 19.1. The van der Waals surface area contributed by atoms with Gasteiger partial charge in [0.25, 0.3) is 0 Å². The van der Waals surface area contributed by atoms with Crippen molar-refractivity contribution >= 4 is 0 Å². The Morgan fingerprint density at radius 3 is 2.62 bits per heavy atom. The first-order valence-electron chi connectivity index (χ1n) is 10.1. The average molecular weight is 356 g/mol. The molecule has 0 amide bonds. The fourth-order valence-electron chi connectivity index (χ4n) is 3.93. The Kier molecular flexibility index (Phi) is 6.86. The SMILES string of the molecule is CCCCc1ncc(CN2CCC(CO)(CCc3ccccc3)CC2)[nH]1. The van der Waals surface area contributed by atoms with E-state index in [0.29, 0.717) is 6.61 Å². The van der Waals surface area contributed by atoms with Crippen LogP contribution < -0.4 is 0 Å². The van der Waals surface area contributed by atoms with Crippen LogP contribution in [0.4, 0.5) is 0 Å². The van der Waals surface area contributed by atoms with Crippen molar-refractivity contribution in [3.8, 4) is 0 Å². The van der Waals surface area contributed by atoms with Crippen LogP contribution in [0.5, 0.6) is 0 Å². The largest absolute Gasteiger partial charge is 0.396 e. The van der Waals surface area contributed by atoms with Gasteiger partial charge in [0.2, 0.25) is 0 Å². The second kappa shape index (κ2) is 9.33. The van der Waals surface area contributed by atoms with Crippen LogP contribution in [-0.4, -0.2) is 39.7 Å². The summed E-state index contributed by atoms with van der Waals surface area (Å²) in [4.78, 5) is 10.5. The van der Waals surface area contributed by atoms with Crippen LogP contribution >= 0.6 is 0 Å². The minimum Gasteiger partial charge on any atom is -0.396 e. The number of aliphatic hydroxyl groups is 1. The molecule has 26 heavy (non-hydrogen) atoms. The van der Waals surface area contributed by atoms with E-state index in [1.807, 2.05) is 6.20 Å². The van der Waals surface area contributed by atoms with E-state index in [4.69, 9.17) is 0 Å². The van der Waals surface area contributed by atoms with Gasteiger partial charge in [0.15, 0.2) is 0 Å². The Balaban J connectivity index is 1.48. The fourth-order valence-corrected chi connectivity index (χ4v) is 3.93. The van der Waals surface area contributed by atoms with Gasteiger partial charge in [0.1, 0.15) is 5.82 Å². The van der Waals surface area contributed by atoms with Crippen molar-refractivity contribution < 1.29 is 5.11 Å². The van der Waals surface area contributed by atoms with E-state index in [9.17, 15) is 5.11 Å². The van der Waals surface area contributed by atoms with Gasteiger partial charge in [-0.2, -0.15) is 0 Å². The molecule has 142 valence electrons. The molecule has 4 heteroatoms. The number of aromatic amines is 1. The van der Waals surface area contributed by atoms with Gasteiger partial charge in [-0.05, 0) is 56.2 Å². The van der Waals surface area contributed by atoms with Crippen molar-refractivity contribution in [2.75, 3.05) is 19.7 Å². The number of rotatable bonds is 9. The number of H-pyrrole nitrogens is 1. The lowest BCUT2D eigenvalue weighted by Crippen LogP contribution is -2.42. The summed E-state index contributed by atoms with van der Waals surface area (Å²) in [5.41, 5.74) is 2.68. The number of aliphatic hydroxyl groups excluding tert-OH is 1. The van der Waals surface area contributed by atoms with E-state index >= 15 is 0 Å². The van der Waals surface area contributed by atoms with Gasteiger partial charge in [-0.1, -0.05) is 43.7 Å². The van der Waals surface area contributed by atoms with Crippen LogP contribution in [0.3, 0.4) is 0 Å². The van der Waals surface area contributed by atoms with Gasteiger partial charge in [-0.25, -0.2) is 4.98 Å². The number of hydrogen-bond donors (Lipinski definition) is 2. The van der Waals surface area contributed by atoms with Crippen molar-refractivity contribution in [1.82, 2.24) is 14.9 Å². The lowest BCUT2D eigenvalue weighted by molar-refractivity contribution is 0.0343. The zero-order valence-corrected chi connectivity index (χ0v) is 16.1. The highest BCUT2D eigenvalue weighted by Crippen LogP contribution is 2.36. The zero-order valence-electron chi connectivity index (χ0n) is 16.1. The van der Waals surface area contributed by atoms with Crippen LogP contribution in [0, 0.1) is 5.41 Å². The van der Waals surface area contributed by atoms with E-state index < -0.39 is 0 Å². The second-order valence-electron chi connectivity index (χ2n) is 7.88. The third-order valence-electron chi connectivity index (χ3n) is 5.88. The molecule has 0 spiro atoms. The van der Waals surface area contributed by atoms with Crippen molar-refractivity contribution in [2.24, 2.45) is 5.41 Å². The maximum atomic E-state index is 10.0. The van der Waals surface area contributed by atoms with Gasteiger partial charge in [0, 0.05) is 31.5 Å². The molecule has 1 aromatic heterocycles. The molecule has 1 saturated heterocycles. The predicted octanol–water partition coefficient (Wildman–Crippen LogP) is 3.96. The Morgan fingerprint density at radius 2 is 1.92 bits per heavy atom. The van der Waals surface area contributed by atoms with Crippen molar-refractivity contribution in [3.63, 3.8) is 0 Å². The van der Waals surface area contributed by atoms with Crippen molar-refractivity contribution in [1.29, 1.82) is 0 Å². The second-order valence-corrected chi connectivity index (χ2v) is 7.88. The number of nitrogens with one attached hydrogen (secondary N) is 1. The summed E-state index contributed by atoms with van der Waals surface area (Å²) >= 11 is 0. The maximum absolute atomic E-state index is 10.0. The number of hydrogen-bond acceptors (Lipinski definition) is 3. The molecule has 4 nitrogen and oxygen atoms in total. The molecule has 2 aromatic rings. The third kappa shape index (κ3) is 5.18. The van der Waals surface area contributed by atoms with Gasteiger partial charge in [-0.15, -0.1) is 0 Å². The minimum absolute atomic E-state index is 0.0899. The molecule has 1 aliphatic heterocycles. The molecule has 1 aromatic carbocycles. The standard InChI is InChI=1S/C22H33N3O/c1-2-3-9-21-23-16-20(24-21)17-25-14-12-22(18-26,13-15-25)11-10-19-7-5-4-6-8-19/h4-8,16,26H,2-3,9-15,17-18H2,1H3,(H,23,24). The van der Waals surface area contributed by atoms with Crippen molar-refractivity contribution in [3.05, 3.63) is 53.6 Å². The molecule has 0 atom stereocenters. The van der Waals surface area contributed by atoms with E-state index in [2.05, 4.69) is 52.1 Å². The van der Waals surface area contributed by atoms with Crippen LogP contribution in [0.1, 0.15) is 56.1 Å². The predicted molar refractivity (Wildman–Crippen MR) is 106 cm³/mol. The molecule has 0 radical (unpaired) electrons. The molecule has 0 aliphatic carbocycles. The first-order chi connectivity index (χ1) is 12.7. The lowest BCUT2D eigenvalue weighted by atomic mass is 9.75. The van der Waals surface area contributed by atoms with Crippen LogP contribution in [-0.2, 0) is 19.4 Å². The molecule has 1 fully saturated rings. The molecule has 2 N–H and O–H groups in total. The average Bonchev–Trinajstić information content (AvgIpc) is 3.14. The summed E-state index contributed by atoms with van der Waals surface area (Å²) in [5.74, 6) is 1.12. The smallest absolute Gasteiger partial charge is 0.106 e. The van der Waals surface area contributed by atoms with Gasteiger partial charge >= 0.3 is 0 Å². The number of aryl methyl sites for hydroxylation is 2. The molecular formula is C22H33N3O. The topological polar surface area (TPSA) is 52.1 Å². The lowest BCUT2D eigenvalue weighted by Gasteiger charge is -2.40. The summed E-state index contributed by atoms with van der Waals surface area (Å²) in [6, 6.07) is 10.6. The Hall–Kier alpha value is -1.65. The van der Waals surface area contributed by atoms with E-state index in [-0.39, 0.29) is 5.41 Å². The number of piperidine rings is 1. The summed E-state index contributed by atoms with van der Waals surface area (Å²) in [6.45, 7) is 5.57. The minimum atomic E-state index is 0.0899. The molecule has 3 rings (SSSR count). The highest BCUT2D eigenvalue weighted by molar-refractivity contribution is 5.15. The normalized spacial score (nSPS) is 17.5. The Bertz CT molecular complexity index is 644. The van der Waals surface area contributed by atoms with Gasteiger partial charge in [0.05, 0.1) is 0 Å². The number of benzene rings is 1. The quantitative estimate of drug-likeness (QED) is 0.716. The molecule has 0 saturated carbocycles. The number of aromatic nitrogens is 2. The number of likely N-dealkylation sites (tertiary alicyclic amines) is 1. The summed E-state index contributed by atoms with van der Waals surface area (Å²) in [6.07, 6.45) is 9.72. The Labute approximate surface area is 157 Å². The van der Waals surface area contributed by atoms with E-state index in [1.165, 1.54) is 24.1 Å². The van der Waals surface area contributed by atoms with Gasteiger partial charge < -0.3 is 10.1 Å². The van der Waals surface area contributed by atoms with Crippen LogP contribution in [0.2, 0.25) is 0 Å². The fraction of sp³-hybridized carbons (Fsp3) is 0.591. The van der Waals surface area contributed by atoms with Crippen molar-refractivity contribution in [2.45, 2.75) is 58.4 Å². The van der Waals surface area contributed by atoms with E-state index in [0.717, 1.165) is 57.6 Å². The molecule has 2 heterocycles. The van der Waals surface area contributed by atoms with E-state index in [1.54, 1.807) is 0 Å². The highest BCUT2D eigenvalue weighted by Gasteiger charge is 2.33. The number of nitrogens with zero attached hydrogens (tertiary/aromatic N) is 2. The first-order valence-corrected chi connectivity index (χ1v) is 10.1. The Morgan fingerprint density at radius 1 is 1.15 bits per heavy atom. The summed E-state index contributed by atoms with van der Waals surface area (Å²) < 4.78 is 0. The van der Waals surface area contributed by atoms with Crippen LogP contribution in [0.25, 0.3) is 0 Å². The number of unbranched alkanes of at least 4 members (excludes halogenated alkanes) is 1. The molecule has 0 bridgehead atoms. The summed E-state index contributed by atoms with van der Waals surface area (Å²) in [7, 11) is 0.